The van der Waals surface area contributed by atoms with Crippen LogP contribution in [0.1, 0.15) is 38.3 Å². The molecule has 0 unspecified atom stereocenters. The summed E-state index contributed by atoms with van der Waals surface area (Å²) in [5, 5.41) is 0. The molecule has 2 rings (SSSR count). The monoisotopic (exact) mass is 450 g/mol. The number of methoxy groups -OCH3 is 2. The van der Waals surface area contributed by atoms with Gasteiger partial charge in [-0.05, 0) is 73.6 Å². The Labute approximate surface area is 197 Å². The van der Waals surface area contributed by atoms with Crippen LogP contribution in [0.15, 0.2) is 61.7 Å². The highest BCUT2D eigenvalue weighted by molar-refractivity contribution is 5.90. The summed E-state index contributed by atoms with van der Waals surface area (Å²) in [6.07, 6.45) is 1.01. The van der Waals surface area contributed by atoms with Crippen molar-refractivity contribution in [1.82, 2.24) is 9.80 Å². The summed E-state index contributed by atoms with van der Waals surface area (Å²) in [5.74, 6) is -0.709. The van der Waals surface area contributed by atoms with E-state index in [-0.39, 0.29) is 11.9 Å². The Morgan fingerprint density at radius 2 is 1.06 bits per heavy atom. The van der Waals surface area contributed by atoms with Crippen molar-refractivity contribution < 1.29 is 19.1 Å². The van der Waals surface area contributed by atoms with Crippen LogP contribution < -0.4 is 0 Å². The van der Waals surface area contributed by atoms with Gasteiger partial charge in [-0.2, -0.15) is 0 Å². The Kier molecular flexibility index (Phi) is 10.0. The lowest BCUT2D eigenvalue weighted by atomic mass is 10.0. The van der Waals surface area contributed by atoms with E-state index in [9.17, 15) is 9.59 Å². The van der Waals surface area contributed by atoms with Gasteiger partial charge < -0.3 is 14.4 Å². The Morgan fingerprint density at radius 1 is 0.697 bits per heavy atom. The predicted octanol–water partition coefficient (Wildman–Crippen LogP) is 4.24. The molecule has 2 aromatic carbocycles. The van der Waals surface area contributed by atoms with E-state index in [1.807, 2.05) is 24.3 Å². The van der Waals surface area contributed by atoms with Crippen LogP contribution in [-0.4, -0.2) is 76.2 Å². The molecule has 0 atom stereocenters. The van der Waals surface area contributed by atoms with Crippen LogP contribution >= 0.6 is 0 Å². The standard InChI is InChI=1S/C27H34N2O4/c1-20(22-8-12-24(13-9-22)26(30)32-5)18-29(17-7-16-28(3)4)19-21(2)23-10-14-25(15-11-23)27(31)33-6/h8-15H,1-2,7,16-19H2,3-6H3. The van der Waals surface area contributed by atoms with Crippen LogP contribution in [0.3, 0.4) is 0 Å². The molecule has 0 saturated carbocycles. The Morgan fingerprint density at radius 3 is 1.39 bits per heavy atom. The van der Waals surface area contributed by atoms with Crippen LogP contribution in [0, 0.1) is 0 Å². The first-order chi connectivity index (χ1) is 15.7. The van der Waals surface area contributed by atoms with Gasteiger partial charge in [0.2, 0.25) is 0 Å². The topological polar surface area (TPSA) is 59.1 Å². The lowest BCUT2D eigenvalue weighted by Crippen LogP contribution is -2.30. The maximum Gasteiger partial charge on any atom is 0.337 e. The van der Waals surface area contributed by atoms with Gasteiger partial charge in [-0.1, -0.05) is 37.4 Å². The van der Waals surface area contributed by atoms with Crippen LogP contribution in [0.5, 0.6) is 0 Å². The average molecular weight is 451 g/mol. The van der Waals surface area contributed by atoms with Gasteiger partial charge in [0.15, 0.2) is 0 Å². The summed E-state index contributed by atoms with van der Waals surface area (Å²) in [6, 6.07) is 14.6. The Hall–Kier alpha value is -3.22. The fourth-order valence-electron chi connectivity index (χ4n) is 3.47. The van der Waals surface area contributed by atoms with Gasteiger partial charge >= 0.3 is 11.9 Å². The first kappa shape index (κ1) is 26.0. The van der Waals surface area contributed by atoms with E-state index in [0.717, 1.165) is 41.8 Å². The fraction of sp³-hybridized carbons (Fsp3) is 0.333. The molecular formula is C27H34N2O4. The van der Waals surface area contributed by atoms with Crippen LogP contribution in [0.4, 0.5) is 0 Å². The minimum atomic E-state index is -0.355. The molecule has 2 aromatic rings. The first-order valence-corrected chi connectivity index (χ1v) is 10.8. The quantitative estimate of drug-likeness (QED) is 0.451. The second kappa shape index (κ2) is 12.7. The molecule has 0 bridgehead atoms. The highest BCUT2D eigenvalue weighted by Crippen LogP contribution is 2.20. The largest absolute Gasteiger partial charge is 0.465 e. The molecule has 0 aliphatic rings. The van der Waals surface area contributed by atoms with Crippen molar-refractivity contribution in [2.24, 2.45) is 0 Å². The average Bonchev–Trinajstić information content (AvgIpc) is 2.82. The molecular weight excluding hydrogens is 416 g/mol. The summed E-state index contributed by atoms with van der Waals surface area (Å²) in [5.41, 5.74) is 4.91. The van der Waals surface area contributed by atoms with Crippen molar-refractivity contribution >= 4 is 23.1 Å². The Balaban J connectivity index is 2.09. The molecule has 0 fully saturated rings. The number of hydrogen-bond donors (Lipinski definition) is 0. The zero-order valence-corrected chi connectivity index (χ0v) is 20.1. The number of nitrogens with zero attached hydrogens (tertiary/aromatic N) is 2. The lowest BCUT2D eigenvalue weighted by molar-refractivity contribution is 0.0592. The molecule has 0 radical (unpaired) electrons. The second-order valence-electron chi connectivity index (χ2n) is 8.21. The number of esters is 2. The third-order valence-corrected chi connectivity index (χ3v) is 5.34. The molecule has 0 saturated heterocycles. The zero-order valence-electron chi connectivity index (χ0n) is 20.1. The number of carbonyl (C=O) groups excluding carboxylic acids is 2. The van der Waals surface area contributed by atoms with E-state index in [1.54, 1.807) is 24.3 Å². The summed E-state index contributed by atoms with van der Waals surface area (Å²) in [6.45, 7) is 11.8. The molecule has 6 heteroatoms. The van der Waals surface area contributed by atoms with Crippen LogP contribution in [0.2, 0.25) is 0 Å². The smallest absolute Gasteiger partial charge is 0.337 e. The van der Waals surface area contributed by atoms with Crippen molar-refractivity contribution in [3.05, 3.63) is 83.9 Å². The van der Waals surface area contributed by atoms with Gasteiger partial charge in [-0.3, -0.25) is 4.90 Å². The van der Waals surface area contributed by atoms with Gasteiger partial charge in [0.1, 0.15) is 0 Å². The molecule has 0 spiro atoms. The molecule has 176 valence electrons. The van der Waals surface area contributed by atoms with Gasteiger partial charge in [0.05, 0.1) is 25.3 Å². The highest BCUT2D eigenvalue weighted by Gasteiger charge is 2.13. The third kappa shape index (κ3) is 8.00. The maximum atomic E-state index is 11.7. The maximum absolute atomic E-state index is 11.7. The first-order valence-electron chi connectivity index (χ1n) is 10.8. The number of hydrogen-bond acceptors (Lipinski definition) is 6. The van der Waals surface area contributed by atoms with Crippen molar-refractivity contribution in [2.45, 2.75) is 6.42 Å². The van der Waals surface area contributed by atoms with E-state index < -0.39 is 0 Å². The lowest BCUT2D eigenvalue weighted by Gasteiger charge is -2.25. The van der Waals surface area contributed by atoms with Crippen LogP contribution in [0.25, 0.3) is 11.1 Å². The normalized spacial score (nSPS) is 10.8. The minimum Gasteiger partial charge on any atom is -0.465 e. The second-order valence-corrected chi connectivity index (χ2v) is 8.21. The molecule has 0 aromatic heterocycles. The van der Waals surface area contributed by atoms with E-state index in [1.165, 1.54) is 14.2 Å². The summed E-state index contributed by atoms with van der Waals surface area (Å²) >= 11 is 0. The molecule has 6 nitrogen and oxygen atoms in total. The summed E-state index contributed by atoms with van der Waals surface area (Å²) < 4.78 is 9.54. The SMILES string of the molecule is C=C(CN(CCCN(C)C)CC(=C)c1ccc(C(=O)OC)cc1)c1ccc(C(=O)OC)cc1. The van der Waals surface area contributed by atoms with E-state index in [0.29, 0.717) is 24.2 Å². The van der Waals surface area contributed by atoms with Crippen molar-refractivity contribution in [2.75, 3.05) is 54.5 Å². The number of carbonyl (C=O) groups is 2. The molecule has 0 amide bonds. The van der Waals surface area contributed by atoms with Gasteiger partial charge in [0, 0.05) is 19.6 Å². The van der Waals surface area contributed by atoms with E-state index in [4.69, 9.17) is 9.47 Å². The highest BCUT2D eigenvalue weighted by atomic mass is 16.5. The van der Waals surface area contributed by atoms with Gasteiger partial charge in [0.25, 0.3) is 0 Å². The zero-order chi connectivity index (χ0) is 24.4. The van der Waals surface area contributed by atoms with Gasteiger partial charge in [-0.25, -0.2) is 9.59 Å². The van der Waals surface area contributed by atoms with Crippen molar-refractivity contribution in [1.29, 1.82) is 0 Å². The molecule has 0 heterocycles. The predicted molar refractivity (Wildman–Crippen MR) is 133 cm³/mol. The number of rotatable bonds is 12. The van der Waals surface area contributed by atoms with Crippen LogP contribution in [-0.2, 0) is 9.47 Å². The Bertz CT molecular complexity index is 889. The third-order valence-electron chi connectivity index (χ3n) is 5.34. The van der Waals surface area contributed by atoms with E-state index >= 15 is 0 Å². The molecule has 0 N–H and O–H groups in total. The fourth-order valence-corrected chi connectivity index (χ4v) is 3.47. The molecule has 0 aliphatic carbocycles. The number of benzene rings is 2. The molecule has 0 aliphatic heterocycles. The number of ether oxygens (including phenoxy) is 2. The van der Waals surface area contributed by atoms with E-state index in [2.05, 4.69) is 37.1 Å². The van der Waals surface area contributed by atoms with Crippen molar-refractivity contribution in [3.63, 3.8) is 0 Å². The van der Waals surface area contributed by atoms with Crippen molar-refractivity contribution in [3.8, 4) is 0 Å². The van der Waals surface area contributed by atoms with Gasteiger partial charge in [-0.15, -0.1) is 0 Å². The molecule has 33 heavy (non-hydrogen) atoms. The summed E-state index contributed by atoms with van der Waals surface area (Å²) in [4.78, 5) is 27.9. The summed E-state index contributed by atoms with van der Waals surface area (Å²) in [7, 11) is 6.87. The minimum absolute atomic E-state index is 0.355.